The summed E-state index contributed by atoms with van der Waals surface area (Å²) in [4.78, 5) is 31.5. The summed E-state index contributed by atoms with van der Waals surface area (Å²) in [5.74, 6) is 0.531. The van der Waals surface area contributed by atoms with Crippen molar-refractivity contribution in [3.05, 3.63) is 51.5 Å². The largest absolute Gasteiger partial charge is 0.496 e. The van der Waals surface area contributed by atoms with Crippen LogP contribution in [0.1, 0.15) is 53.6 Å². The number of anilines is 2. The molecule has 2 amide bonds. The summed E-state index contributed by atoms with van der Waals surface area (Å²) in [7, 11) is 5.68. The molecule has 188 valence electrons. The van der Waals surface area contributed by atoms with Crippen LogP contribution in [0.3, 0.4) is 0 Å². The molecule has 2 aliphatic rings. The number of nitrogens with one attached hydrogen (secondary N) is 2. The maximum atomic E-state index is 13.8. The maximum Gasteiger partial charge on any atom is 0.255 e. The molecule has 0 spiro atoms. The quantitative estimate of drug-likeness (QED) is 0.489. The zero-order valence-corrected chi connectivity index (χ0v) is 22.6. The first-order valence-corrected chi connectivity index (χ1v) is 13.0. The lowest BCUT2D eigenvalue weighted by Crippen LogP contribution is -2.58. The van der Waals surface area contributed by atoms with E-state index in [0.717, 1.165) is 59.4 Å². The van der Waals surface area contributed by atoms with E-state index < -0.39 is 5.54 Å². The molecule has 1 heterocycles. The summed E-state index contributed by atoms with van der Waals surface area (Å²) in [5.41, 5.74) is 3.33. The monoisotopic (exact) mass is 542 g/mol. The molecule has 7 nitrogen and oxygen atoms in total. The molecule has 2 N–H and O–H groups in total. The Bertz CT molecular complexity index is 1110. The fourth-order valence-corrected chi connectivity index (χ4v) is 5.72. The van der Waals surface area contributed by atoms with Crippen LogP contribution in [-0.4, -0.2) is 61.4 Å². The van der Waals surface area contributed by atoms with Crippen LogP contribution in [0, 0.1) is 6.92 Å². The number of methoxy groups -OCH3 is 1. The highest BCUT2D eigenvalue weighted by Gasteiger charge is 2.50. The molecular formula is C27H35BrN4O3. The molecule has 1 fully saturated rings. The minimum Gasteiger partial charge on any atom is -0.496 e. The number of likely N-dealkylation sites (N-methyl/N-ethyl adjacent to an activating group) is 1. The summed E-state index contributed by atoms with van der Waals surface area (Å²) in [6, 6.07) is 9.61. The number of nitrogens with zero attached hydrogens (tertiary/aromatic N) is 2. The van der Waals surface area contributed by atoms with Crippen molar-refractivity contribution in [2.45, 2.75) is 51.1 Å². The molecule has 1 aliphatic carbocycles. The highest BCUT2D eigenvalue weighted by molar-refractivity contribution is 9.10. The average Bonchev–Trinajstić information content (AvgIpc) is 3.18. The molecule has 35 heavy (non-hydrogen) atoms. The second-order valence-electron chi connectivity index (χ2n) is 9.84. The molecule has 0 radical (unpaired) electrons. The van der Waals surface area contributed by atoms with Gasteiger partial charge in [-0.1, -0.05) is 41.3 Å². The van der Waals surface area contributed by atoms with Crippen LogP contribution in [0.5, 0.6) is 5.75 Å². The summed E-state index contributed by atoms with van der Waals surface area (Å²) < 4.78 is 6.33. The van der Waals surface area contributed by atoms with E-state index in [1.165, 1.54) is 0 Å². The number of amides is 2. The topological polar surface area (TPSA) is 73.9 Å². The maximum absolute atomic E-state index is 13.8. The molecule has 0 aromatic heterocycles. The number of ether oxygens (including phenoxy) is 1. The molecule has 1 aliphatic heterocycles. The van der Waals surface area contributed by atoms with E-state index in [9.17, 15) is 9.59 Å². The zero-order valence-electron chi connectivity index (χ0n) is 21.0. The van der Waals surface area contributed by atoms with Crippen LogP contribution in [-0.2, 0) is 11.3 Å². The van der Waals surface area contributed by atoms with Crippen molar-refractivity contribution in [1.82, 2.24) is 9.80 Å². The summed E-state index contributed by atoms with van der Waals surface area (Å²) in [6.45, 7) is 4.07. The SMILES string of the molecule is COc1cc(NC(=O)C2(N3Cc4c(Br)cc(NCCN(C)C)cc4C3=O)CCCCC2)ccc1C. The Morgan fingerprint density at radius 2 is 1.89 bits per heavy atom. The van der Waals surface area contributed by atoms with Crippen molar-refractivity contribution in [2.24, 2.45) is 0 Å². The van der Waals surface area contributed by atoms with Gasteiger partial charge in [0.05, 0.1) is 7.11 Å². The molecule has 0 unspecified atom stereocenters. The van der Waals surface area contributed by atoms with Gasteiger partial charge in [-0.3, -0.25) is 9.59 Å². The van der Waals surface area contributed by atoms with E-state index in [1.807, 2.05) is 56.3 Å². The third-order valence-corrected chi connectivity index (χ3v) is 7.87. The Morgan fingerprint density at radius 3 is 2.57 bits per heavy atom. The van der Waals surface area contributed by atoms with Gasteiger partial charge in [0.1, 0.15) is 11.3 Å². The minimum absolute atomic E-state index is 0.0736. The lowest BCUT2D eigenvalue weighted by molar-refractivity contribution is -0.129. The van der Waals surface area contributed by atoms with Crippen molar-refractivity contribution in [2.75, 3.05) is 44.9 Å². The van der Waals surface area contributed by atoms with Crippen molar-refractivity contribution < 1.29 is 14.3 Å². The number of carbonyl (C=O) groups is 2. The molecular weight excluding hydrogens is 508 g/mol. The van der Waals surface area contributed by atoms with Crippen molar-refractivity contribution >= 4 is 39.1 Å². The van der Waals surface area contributed by atoms with E-state index in [1.54, 1.807) is 7.11 Å². The van der Waals surface area contributed by atoms with Crippen molar-refractivity contribution in [1.29, 1.82) is 0 Å². The second kappa shape index (κ2) is 10.6. The number of halogens is 1. The Hall–Kier alpha value is -2.58. The van der Waals surface area contributed by atoms with Gasteiger partial charge in [0.25, 0.3) is 5.91 Å². The number of benzene rings is 2. The average molecular weight is 544 g/mol. The third-order valence-electron chi connectivity index (χ3n) is 7.16. The van der Waals surface area contributed by atoms with Gasteiger partial charge in [-0.2, -0.15) is 0 Å². The third kappa shape index (κ3) is 5.19. The lowest BCUT2D eigenvalue weighted by Gasteiger charge is -2.43. The first-order chi connectivity index (χ1) is 16.7. The predicted octanol–water partition coefficient (Wildman–Crippen LogP) is 5.04. The fraction of sp³-hybridized carbons (Fsp3) is 0.481. The van der Waals surface area contributed by atoms with Crippen molar-refractivity contribution in [3.63, 3.8) is 0 Å². The van der Waals surface area contributed by atoms with E-state index in [0.29, 0.717) is 30.6 Å². The van der Waals surface area contributed by atoms with Gasteiger partial charge in [-0.15, -0.1) is 0 Å². The minimum atomic E-state index is -0.871. The van der Waals surface area contributed by atoms with Gasteiger partial charge in [0.15, 0.2) is 0 Å². The first-order valence-electron chi connectivity index (χ1n) is 12.2. The van der Waals surface area contributed by atoms with Crippen LogP contribution in [0.2, 0.25) is 0 Å². The van der Waals surface area contributed by atoms with Gasteiger partial charge >= 0.3 is 0 Å². The Morgan fingerprint density at radius 1 is 1.14 bits per heavy atom. The van der Waals surface area contributed by atoms with E-state index in [-0.39, 0.29) is 11.8 Å². The summed E-state index contributed by atoms with van der Waals surface area (Å²) >= 11 is 3.69. The molecule has 0 atom stereocenters. The lowest BCUT2D eigenvalue weighted by atomic mass is 9.79. The molecule has 2 aromatic carbocycles. The van der Waals surface area contributed by atoms with Gasteiger partial charge in [0, 0.05) is 47.1 Å². The van der Waals surface area contributed by atoms with Crippen LogP contribution in [0.25, 0.3) is 0 Å². The normalized spacial score (nSPS) is 16.9. The standard InChI is InChI=1S/C27H35BrN4O3/c1-18-8-9-19(16-24(18)35-4)30-26(34)27(10-6-5-7-11-27)32-17-22-21(25(32)33)14-20(15-23(22)28)29-12-13-31(2)3/h8-9,14-16,29H,5-7,10-13,17H2,1-4H3,(H,30,34). The summed E-state index contributed by atoms with van der Waals surface area (Å²) in [6.07, 6.45) is 4.23. The second-order valence-corrected chi connectivity index (χ2v) is 10.7. The zero-order chi connectivity index (χ0) is 25.2. The number of hydrogen-bond donors (Lipinski definition) is 2. The van der Waals surface area contributed by atoms with Crippen LogP contribution in [0.15, 0.2) is 34.8 Å². The summed E-state index contributed by atoms with van der Waals surface area (Å²) in [5, 5.41) is 6.51. The molecule has 1 saturated carbocycles. The predicted molar refractivity (Wildman–Crippen MR) is 143 cm³/mol. The Kier molecular flexibility index (Phi) is 7.71. The molecule has 0 bridgehead atoms. The fourth-order valence-electron chi connectivity index (χ4n) is 5.14. The van der Waals surface area contributed by atoms with Gasteiger partial charge < -0.3 is 25.2 Å². The van der Waals surface area contributed by atoms with Crippen molar-refractivity contribution in [3.8, 4) is 5.75 Å². The van der Waals surface area contributed by atoms with Crippen LogP contribution >= 0.6 is 15.9 Å². The molecule has 4 rings (SSSR count). The van der Waals surface area contributed by atoms with Gasteiger partial charge in [0.2, 0.25) is 5.91 Å². The number of aryl methyl sites for hydroxylation is 1. The van der Waals surface area contributed by atoms with E-state index in [4.69, 9.17) is 4.74 Å². The smallest absolute Gasteiger partial charge is 0.255 e. The highest BCUT2D eigenvalue weighted by Crippen LogP contribution is 2.42. The number of rotatable bonds is 8. The van der Waals surface area contributed by atoms with Crippen LogP contribution in [0.4, 0.5) is 11.4 Å². The molecule has 2 aromatic rings. The number of fused-ring (bicyclic) bond motifs is 1. The number of hydrogen-bond acceptors (Lipinski definition) is 5. The number of carbonyl (C=O) groups excluding carboxylic acids is 2. The van der Waals surface area contributed by atoms with Gasteiger partial charge in [-0.25, -0.2) is 0 Å². The molecule has 0 saturated heterocycles. The first kappa shape index (κ1) is 25.5. The van der Waals surface area contributed by atoms with E-state index in [2.05, 4.69) is 31.5 Å². The van der Waals surface area contributed by atoms with Gasteiger partial charge in [-0.05, 0) is 63.2 Å². The van der Waals surface area contributed by atoms with Crippen LogP contribution < -0.4 is 15.4 Å². The molecule has 8 heteroatoms. The Balaban J connectivity index is 1.60. The van der Waals surface area contributed by atoms with E-state index >= 15 is 0 Å². The highest BCUT2D eigenvalue weighted by atomic mass is 79.9. The Labute approximate surface area is 216 Å².